The summed E-state index contributed by atoms with van der Waals surface area (Å²) in [5.41, 5.74) is 2.16. The van der Waals surface area contributed by atoms with Crippen molar-refractivity contribution in [2.75, 3.05) is 4.31 Å². The van der Waals surface area contributed by atoms with Crippen molar-refractivity contribution in [3.63, 3.8) is 0 Å². The number of nitrogens with one attached hydrogen (secondary N) is 1. The van der Waals surface area contributed by atoms with Gasteiger partial charge in [-0.2, -0.15) is 8.42 Å². The Bertz CT molecular complexity index is 1180. The van der Waals surface area contributed by atoms with Crippen molar-refractivity contribution in [1.29, 1.82) is 0 Å². The number of hydrogen-bond acceptors (Lipinski definition) is 4. The molecule has 6 nitrogen and oxygen atoms in total. The fourth-order valence-electron chi connectivity index (χ4n) is 3.19. The highest BCUT2D eigenvalue weighted by atomic mass is 32.2. The number of rotatable bonds is 6. The molecule has 8 heteroatoms. The average Bonchev–Trinajstić information content (AvgIpc) is 2.99. The van der Waals surface area contributed by atoms with Gasteiger partial charge in [0, 0.05) is 0 Å². The maximum atomic E-state index is 15.1. The number of nitrogens with zero attached hydrogens (tertiary/aromatic N) is 1. The Balaban J connectivity index is 1.74. The molecule has 0 saturated carbocycles. The molecule has 0 radical (unpaired) electrons. The van der Waals surface area contributed by atoms with Crippen molar-refractivity contribution in [2.24, 2.45) is 0 Å². The summed E-state index contributed by atoms with van der Waals surface area (Å²) in [6.45, 7) is 0.124. The standard InChI is InChI=1S/C22H19FN2O4S/c23-19-12-18(11-16-7-3-1-4-8-16)13-20(29-15-17-9-5-2-6-10-17)22(19)25-14-21(26)24-30(25,27)28/h1-10,12-14,24,26H,11,15H2. The first-order valence-electron chi connectivity index (χ1n) is 9.18. The van der Waals surface area contributed by atoms with E-state index in [9.17, 15) is 13.5 Å². The molecule has 3 aromatic carbocycles. The van der Waals surface area contributed by atoms with E-state index >= 15 is 4.39 Å². The second-order valence-electron chi connectivity index (χ2n) is 6.78. The van der Waals surface area contributed by atoms with Gasteiger partial charge in [0.15, 0.2) is 5.82 Å². The zero-order chi connectivity index (χ0) is 21.1. The van der Waals surface area contributed by atoms with Gasteiger partial charge in [-0.15, -0.1) is 0 Å². The van der Waals surface area contributed by atoms with E-state index < -0.39 is 21.9 Å². The third-order valence-corrected chi connectivity index (χ3v) is 5.80. The first kappa shape index (κ1) is 19.8. The quantitative estimate of drug-likeness (QED) is 0.624. The monoisotopic (exact) mass is 426 g/mol. The number of hydrogen-bond donors (Lipinski definition) is 2. The molecule has 3 aromatic rings. The molecule has 0 fully saturated rings. The van der Waals surface area contributed by atoms with Gasteiger partial charge in [0.1, 0.15) is 18.0 Å². The third kappa shape index (κ3) is 4.23. The molecule has 0 spiro atoms. The molecule has 2 N–H and O–H groups in total. The molecule has 1 aliphatic rings. The van der Waals surface area contributed by atoms with Crippen molar-refractivity contribution in [3.8, 4) is 5.75 Å². The summed E-state index contributed by atoms with van der Waals surface area (Å²) in [6.07, 6.45) is 1.35. The van der Waals surface area contributed by atoms with E-state index in [-0.39, 0.29) is 18.0 Å². The summed E-state index contributed by atoms with van der Waals surface area (Å²) in [4.78, 5) is 0. The van der Waals surface area contributed by atoms with Crippen molar-refractivity contribution < 1.29 is 22.7 Å². The first-order valence-corrected chi connectivity index (χ1v) is 10.6. The minimum atomic E-state index is -4.17. The Labute approximate surface area is 174 Å². The molecule has 0 amide bonds. The number of aliphatic hydroxyl groups excluding tert-OH is 1. The van der Waals surface area contributed by atoms with Crippen LogP contribution in [0.15, 0.2) is 84.9 Å². The van der Waals surface area contributed by atoms with Crippen molar-refractivity contribution in [1.82, 2.24) is 4.72 Å². The third-order valence-electron chi connectivity index (χ3n) is 4.53. The van der Waals surface area contributed by atoms with Crippen LogP contribution in [-0.2, 0) is 23.2 Å². The van der Waals surface area contributed by atoms with E-state index in [0.29, 0.717) is 16.3 Å². The van der Waals surface area contributed by atoms with Crippen LogP contribution in [0, 0.1) is 5.82 Å². The van der Waals surface area contributed by atoms with Crippen LogP contribution in [0.5, 0.6) is 5.75 Å². The molecular formula is C22H19FN2O4S. The average molecular weight is 426 g/mol. The highest BCUT2D eigenvalue weighted by molar-refractivity contribution is 7.91. The lowest BCUT2D eigenvalue weighted by molar-refractivity contribution is 0.305. The Morgan fingerprint density at radius 1 is 0.933 bits per heavy atom. The van der Waals surface area contributed by atoms with Gasteiger partial charge in [-0.25, -0.2) is 13.4 Å². The summed E-state index contributed by atoms with van der Waals surface area (Å²) in [7, 11) is -4.17. The maximum Gasteiger partial charge on any atom is 0.330 e. The van der Waals surface area contributed by atoms with E-state index in [4.69, 9.17) is 4.74 Å². The van der Waals surface area contributed by atoms with E-state index in [1.165, 1.54) is 6.07 Å². The molecule has 1 aliphatic heterocycles. The van der Waals surface area contributed by atoms with Crippen LogP contribution in [0.4, 0.5) is 10.1 Å². The summed E-state index contributed by atoms with van der Waals surface area (Å²) in [5.74, 6) is -1.32. The predicted octanol–water partition coefficient (Wildman–Crippen LogP) is 4.01. The summed E-state index contributed by atoms with van der Waals surface area (Å²) >= 11 is 0. The topological polar surface area (TPSA) is 78.9 Å². The van der Waals surface area contributed by atoms with Crippen LogP contribution < -0.4 is 13.8 Å². The van der Waals surface area contributed by atoms with Gasteiger partial charge in [0.25, 0.3) is 0 Å². The van der Waals surface area contributed by atoms with Gasteiger partial charge in [-0.05, 0) is 35.2 Å². The molecule has 30 heavy (non-hydrogen) atoms. The summed E-state index contributed by atoms with van der Waals surface area (Å²) in [5, 5.41) is 9.60. The lowest BCUT2D eigenvalue weighted by atomic mass is 10.0. The molecule has 4 rings (SSSR count). The smallest absolute Gasteiger partial charge is 0.330 e. The van der Waals surface area contributed by atoms with Crippen molar-refractivity contribution in [3.05, 3.63) is 107 Å². The number of ether oxygens (including phenoxy) is 1. The van der Waals surface area contributed by atoms with E-state index in [0.717, 1.165) is 17.3 Å². The van der Waals surface area contributed by atoms with E-state index in [1.807, 2.05) is 65.4 Å². The van der Waals surface area contributed by atoms with Crippen LogP contribution in [0.1, 0.15) is 16.7 Å². The second-order valence-corrected chi connectivity index (χ2v) is 8.33. The van der Waals surface area contributed by atoms with Crippen LogP contribution in [0.25, 0.3) is 0 Å². The SMILES string of the molecule is O=S1(=O)NC(O)=CN1c1c(F)cc(Cc2ccccc2)cc1OCc1ccccc1. The lowest BCUT2D eigenvalue weighted by Crippen LogP contribution is -2.30. The Morgan fingerprint density at radius 2 is 1.57 bits per heavy atom. The molecular weight excluding hydrogens is 407 g/mol. The van der Waals surface area contributed by atoms with Gasteiger partial charge in [-0.3, -0.25) is 0 Å². The summed E-state index contributed by atoms with van der Waals surface area (Å²) in [6, 6.07) is 21.7. The Kier molecular flexibility index (Phi) is 5.33. The van der Waals surface area contributed by atoms with Crippen LogP contribution >= 0.6 is 0 Å². The minimum Gasteiger partial charge on any atom is -0.493 e. The lowest BCUT2D eigenvalue weighted by Gasteiger charge is -2.20. The van der Waals surface area contributed by atoms with Gasteiger partial charge in [0.05, 0.1) is 6.20 Å². The molecule has 0 unspecified atom stereocenters. The maximum absolute atomic E-state index is 15.1. The predicted molar refractivity (Wildman–Crippen MR) is 112 cm³/mol. The number of halogens is 1. The van der Waals surface area contributed by atoms with Crippen molar-refractivity contribution >= 4 is 15.9 Å². The van der Waals surface area contributed by atoms with Gasteiger partial charge >= 0.3 is 10.2 Å². The second kappa shape index (κ2) is 8.08. The zero-order valence-electron chi connectivity index (χ0n) is 15.8. The number of aliphatic hydroxyl groups is 1. The highest BCUT2D eigenvalue weighted by Gasteiger charge is 2.33. The normalized spacial score (nSPS) is 14.8. The summed E-state index contributed by atoms with van der Waals surface area (Å²) < 4.78 is 48.2. The van der Waals surface area contributed by atoms with E-state index in [2.05, 4.69) is 0 Å². The number of anilines is 1. The van der Waals surface area contributed by atoms with Gasteiger partial charge < -0.3 is 9.84 Å². The molecule has 0 aromatic heterocycles. The van der Waals surface area contributed by atoms with Crippen molar-refractivity contribution in [2.45, 2.75) is 13.0 Å². The van der Waals surface area contributed by atoms with Crippen LogP contribution in [-0.4, -0.2) is 13.5 Å². The molecule has 0 bridgehead atoms. The minimum absolute atomic E-state index is 0.0566. The first-order chi connectivity index (χ1) is 14.4. The van der Waals surface area contributed by atoms with Crippen LogP contribution in [0.2, 0.25) is 0 Å². The van der Waals surface area contributed by atoms with Gasteiger partial charge in [0.2, 0.25) is 5.88 Å². The molecule has 0 aliphatic carbocycles. The highest BCUT2D eigenvalue weighted by Crippen LogP contribution is 2.37. The van der Waals surface area contributed by atoms with Gasteiger partial charge in [-0.1, -0.05) is 60.7 Å². The molecule has 0 saturated heterocycles. The van der Waals surface area contributed by atoms with Crippen LogP contribution in [0.3, 0.4) is 0 Å². The molecule has 1 heterocycles. The zero-order valence-corrected chi connectivity index (χ0v) is 16.6. The Morgan fingerprint density at radius 3 is 2.17 bits per heavy atom. The Hall–Kier alpha value is -3.52. The molecule has 154 valence electrons. The largest absolute Gasteiger partial charge is 0.493 e. The fraction of sp³-hybridized carbons (Fsp3) is 0.0909. The van der Waals surface area contributed by atoms with E-state index in [1.54, 1.807) is 6.07 Å². The fourth-order valence-corrected chi connectivity index (χ4v) is 4.26. The number of benzene rings is 3. The molecule has 0 atom stereocenters.